The summed E-state index contributed by atoms with van der Waals surface area (Å²) in [4.78, 5) is 62.5. The Balaban J connectivity index is 0.000000161. The number of carbonyl (C=O) groups excluding carboxylic acids is 2. The summed E-state index contributed by atoms with van der Waals surface area (Å²) >= 11 is 1.18. The molecule has 1 saturated heterocycles. The number of nitrogens with one attached hydrogen (secondary N) is 10. The van der Waals surface area contributed by atoms with Gasteiger partial charge in [0.1, 0.15) is 34.7 Å². The Morgan fingerprint density at radius 2 is 1.17 bits per heavy atom. The van der Waals surface area contributed by atoms with Gasteiger partial charge in [0.2, 0.25) is 26.0 Å². The number of H-pyrrole nitrogens is 2. The van der Waals surface area contributed by atoms with Gasteiger partial charge in [0.25, 0.3) is 29.9 Å². The van der Waals surface area contributed by atoms with E-state index in [0.29, 0.717) is 161 Å². The maximum Gasteiger partial charge on any atom is 0.416 e. The zero-order valence-corrected chi connectivity index (χ0v) is 75.7. The summed E-state index contributed by atoms with van der Waals surface area (Å²) in [5.74, 6) is 4.49. The number of oxazole rings is 3. The van der Waals surface area contributed by atoms with Crippen molar-refractivity contribution < 1.29 is 89.9 Å². The van der Waals surface area contributed by atoms with Gasteiger partial charge in [-0.25, -0.2) is 59.7 Å². The number of aromatic amines is 2. The molecule has 7 aromatic heterocycles. The normalized spacial score (nSPS) is 13.0. The highest BCUT2D eigenvalue weighted by Gasteiger charge is 2.33. The number of aliphatic hydroxyl groups is 1. The van der Waals surface area contributed by atoms with Gasteiger partial charge in [-0.2, -0.15) is 18.4 Å². The number of carbonyl (C=O) groups is 2. The fraction of sp³-hybridized carbons (Fsp3) is 0.258. The summed E-state index contributed by atoms with van der Waals surface area (Å²) in [5.41, 5.74) is 7.49. The van der Waals surface area contributed by atoms with Gasteiger partial charge in [0, 0.05) is 130 Å². The van der Waals surface area contributed by atoms with Crippen LogP contribution in [0.2, 0.25) is 0 Å². The number of sulfonamides is 2. The number of nitrogens with zero attached hydrogens (tertiary/aromatic N) is 9. The van der Waals surface area contributed by atoms with Crippen LogP contribution in [0.15, 0.2) is 201 Å². The van der Waals surface area contributed by atoms with E-state index in [4.69, 9.17) is 42.6 Å². The second-order valence-corrected chi connectivity index (χ2v) is 36.9. The molecule has 0 spiro atoms. The highest BCUT2D eigenvalue weighted by atomic mass is 32.2. The van der Waals surface area contributed by atoms with E-state index in [-0.39, 0.29) is 65.1 Å². The number of β-amino-alcohol motifs (C(OH)–C–C–N with tert-alkyl or cyclic N) is 1. The lowest BCUT2D eigenvalue weighted by Crippen LogP contribution is -2.47. The van der Waals surface area contributed by atoms with Crippen LogP contribution in [-0.4, -0.2) is 193 Å². The Morgan fingerprint density at radius 3 is 1.76 bits per heavy atom. The van der Waals surface area contributed by atoms with Gasteiger partial charge in [0.05, 0.1) is 134 Å². The van der Waals surface area contributed by atoms with E-state index in [1.54, 1.807) is 142 Å². The molecular formula is C89H94F5N19O15S4. The highest BCUT2D eigenvalue weighted by Crippen LogP contribution is 2.37. The third-order valence-electron chi connectivity index (χ3n) is 19.2. The molecule has 1 unspecified atom stereocenters. The van der Waals surface area contributed by atoms with Crippen molar-refractivity contribution in [2.75, 3.05) is 145 Å². The van der Waals surface area contributed by atoms with Crippen LogP contribution >= 0.6 is 11.3 Å². The number of ether oxygens (including phenoxy) is 4. The zero-order chi connectivity index (χ0) is 94.4. The smallest absolute Gasteiger partial charge is 0.416 e. The van der Waals surface area contributed by atoms with Crippen LogP contribution in [0, 0.1) is 42.7 Å². The van der Waals surface area contributed by atoms with Crippen molar-refractivity contribution in [3.63, 3.8) is 0 Å². The van der Waals surface area contributed by atoms with Gasteiger partial charge in [0.15, 0.2) is 17.3 Å². The lowest BCUT2D eigenvalue weighted by molar-refractivity contribution is -0.138. The molecule has 0 saturated carbocycles. The van der Waals surface area contributed by atoms with Crippen molar-refractivity contribution in [3.8, 4) is 46.1 Å². The Morgan fingerprint density at radius 1 is 0.606 bits per heavy atom. The van der Waals surface area contributed by atoms with Gasteiger partial charge in [-0.05, 0) is 159 Å². The first-order valence-electron chi connectivity index (χ1n) is 40.6. The molecule has 1 aliphatic heterocycles. The molecule has 2 atom stereocenters. The number of halogens is 5. The monoisotopic (exact) mass is 1890 g/mol. The van der Waals surface area contributed by atoms with E-state index in [1.165, 1.54) is 72.5 Å². The first kappa shape index (κ1) is 97.2. The molecule has 11 N–H and O–H groups in total. The molecule has 0 radical (unpaired) electrons. The summed E-state index contributed by atoms with van der Waals surface area (Å²) in [6.07, 6.45) is 5.31. The molecule has 0 bridgehead atoms. The predicted octanol–water partition coefficient (Wildman–Crippen LogP) is 15.9. The second-order valence-electron chi connectivity index (χ2n) is 30.3. The molecule has 15 rings (SSSR count). The molecule has 8 heterocycles. The number of anilines is 11. The van der Waals surface area contributed by atoms with E-state index in [2.05, 4.69) is 97.5 Å². The minimum absolute atomic E-state index is 0.00662. The number of aliphatic hydroxyl groups excluding tert-OH is 1. The summed E-state index contributed by atoms with van der Waals surface area (Å²) in [6.45, 7) is 13.3. The number of nitriles is 1. The topological polar surface area (TPSA) is 451 Å². The molecule has 694 valence electrons. The van der Waals surface area contributed by atoms with Crippen molar-refractivity contribution >= 4 is 144 Å². The number of fused-ring (bicyclic) bond motifs is 2. The SMILES string of the molecule is C=S(C)(=O)Nc1cc(Nc2ncc(-c3ccc(C#N)cc3)o2)cc(OCCOCCOCCOC)c1.CS(=O)(=O)Nc1cccc(Nc2ncc(-c3cc4cc(F)ccc4[nH]3)o2)c1.CS(=O)(=O)Nc1cccc(Nc2ncc(-c3cc4ccc(F)cc4[nH]3)o2)c1.Cc1ccc(NC(=O)c2csc([C@@H](NC(=O)c3cnc(N4CCN(CCO)CC4)nc3C)C(C)C)n2)cc1C(F)(F)F. The summed E-state index contributed by atoms with van der Waals surface area (Å²) < 4.78 is 170. The van der Waals surface area contributed by atoms with E-state index in [1.807, 2.05) is 24.8 Å². The maximum absolute atomic E-state index is 13.3. The fourth-order valence-corrected chi connectivity index (χ4v) is 15.8. The minimum atomic E-state index is -4.54. The molecule has 14 aromatic rings. The van der Waals surface area contributed by atoms with Crippen molar-refractivity contribution in [2.45, 2.75) is 39.9 Å². The fourth-order valence-electron chi connectivity index (χ4n) is 13.0. The number of alkyl halides is 3. The van der Waals surface area contributed by atoms with Gasteiger partial charge in [-0.1, -0.05) is 32.0 Å². The number of benzene rings is 7. The van der Waals surface area contributed by atoms with Gasteiger partial charge < -0.3 is 83.5 Å². The molecule has 132 heavy (non-hydrogen) atoms. The number of methoxy groups -OCH3 is 1. The predicted molar refractivity (Wildman–Crippen MR) is 498 cm³/mol. The molecule has 0 aliphatic carbocycles. The number of amides is 2. The third kappa shape index (κ3) is 28.8. The maximum atomic E-state index is 13.3. The van der Waals surface area contributed by atoms with Crippen LogP contribution in [0.3, 0.4) is 0 Å². The van der Waals surface area contributed by atoms with E-state index in [9.17, 15) is 52.6 Å². The molecule has 34 nitrogen and oxygen atoms in total. The molecule has 1 aliphatic rings. The Hall–Kier alpha value is -13.8. The van der Waals surface area contributed by atoms with Crippen LogP contribution in [0.1, 0.15) is 68.1 Å². The number of piperazine rings is 1. The average molecular weight is 1890 g/mol. The second kappa shape index (κ2) is 44.2. The molecular weight excluding hydrogens is 1800 g/mol. The minimum Gasteiger partial charge on any atom is -0.491 e. The number of rotatable bonds is 34. The zero-order valence-electron chi connectivity index (χ0n) is 72.5. The highest BCUT2D eigenvalue weighted by molar-refractivity contribution is 8.00. The Bertz CT molecular complexity index is 6540. The first-order valence-corrected chi connectivity index (χ1v) is 47.4. The lowest BCUT2D eigenvalue weighted by atomic mass is 10.0. The van der Waals surface area contributed by atoms with Gasteiger partial charge in [-0.3, -0.25) is 23.9 Å². The van der Waals surface area contributed by atoms with Crippen LogP contribution < -0.4 is 50.4 Å². The quantitative estimate of drug-likeness (QED) is 0.0101. The number of hydrogen-bond donors (Lipinski definition) is 11. The summed E-state index contributed by atoms with van der Waals surface area (Å²) in [6, 6.07) is 44.2. The van der Waals surface area contributed by atoms with Crippen LogP contribution in [0.4, 0.5) is 85.8 Å². The van der Waals surface area contributed by atoms with E-state index in [0.717, 1.165) is 53.5 Å². The van der Waals surface area contributed by atoms with Gasteiger partial charge >= 0.3 is 6.18 Å². The summed E-state index contributed by atoms with van der Waals surface area (Å²) in [5, 5.41) is 36.2. The van der Waals surface area contributed by atoms with Gasteiger partial charge in [-0.15, -0.1) is 11.3 Å². The van der Waals surface area contributed by atoms with Crippen LogP contribution in [0.5, 0.6) is 5.75 Å². The number of hydrogen-bond acceptors (Lipinski definition) is 28. The van der Waals surface area contributed by atoms with E-state index < -0.39 is 53.4 Å². The third-order valence-corrected chi connectivity index (χ3v) is 22.0. The van der Waals surface area contributed by atoms with Crippen molar-refractivity contribution in [1.29, 1.82) is 5.26 Å². The lowest BCUT2D eigenvalue weighted by Gasteiger charge is -2.34. The molecule has 2 amide bonds. The van der Waals surface area contributed by atoms with E-state index >= 15 is 0 Å². The largest absolute Gasteiger partial charge is 0.491 e. The summed E-state index contributed by atoms with van der Waals surface area (Å²) in [7, 11) is -7.61. The average Bonchev–Trinajstić information content (AvgIpc) is 1.60. The van der Waals surface area contributed by atoms with Crippen LogP contribution in [0.25, 0.3) is 56.0 Å². The molecule has 43 heteroatoms. The number of aryl methyl sites for hydroxylation is 2. The van der Waals surface area contributed by atoms with Crippen LogP contribution in [-0.2, 0) is 50.1 Å². The Labute approximate surface area is 760 Å². The standard InChI is InChI=1S/C28H34F3N7O3S.C25H30N4O6S.2C18H15FN4O3S/c1-16(2)23(26-35-22(15-42-26)25(41)34-19-6-5-17(3)21(13-19)28(29,30)31)36-24(40)20-14-32-27(33-18(20)4)38-9-7-37(8-10-38)11-12-39;1-31-8-9-32-10-11-33-12-13-34-23-15-21(14-22(16-23)29-36(2,3)30)28-25-27-18-24(35-25)20-6-4-19(17-26)5-7-20;1-27(24,25)23-14-4-2-3-13(9-14)21-18-20-10-17(26-18)16-8-11-7-12(19)5-6-15(11)22-16;1-27(24,25)23-14-4-2-3-13(9-14)21-18-20-10-17(26-18)16-7-11-5-6-12(19)8-15(11)22-16/h5-6,13-16,23,39H,7-12H2,1-4H3,(H,34,41)(H,36,40);4-7,14-16,18H,2,8-13H2,1,3H3,(H,27,28)(H,29,30);2*2-10,22-23H,1H3,(H,20,21)/t23-;;;/m0.../s1. The van der Waals surface area contributed by atoms with Crippen molar-refractivity contribution in [2.24, 2.45) is 5.92 Å². The number of thiazole rings is 1. The van der Waals surface area contributed by atoms with Crippen molar-refractivity contribution in [1.82, 2.24) is 50.1 Å². The first-order chi connectivity index (χ1) is 62.9. The molecule has 1 fully saturated rings. The Kier molecular flexibility index (Phi) is 32.5. The number of aromatic nitrogens is 8. The molecule has 7 aromatic carbocycles. The van der Waals surface area contributed by atoms with Crippen molar-refractivity contribution in [3.05, 3.63) is 238 Å².